The highest BCUT2D eigenvalue weighted by atomic mass is 16.5. The number of hydrogen-bond donors (Lipinski definition) is 2. The van der Waals surface area contributed by atoms with Gasteiger partial charge in [0.15, 0.2) is 22.7 Å². The van der Waals surface area contributed by atoms with Gasteiger partial charge in [-0.1, -0.05) is 36.4 Å². The molecular formula is C38H34N4O7. The number of likely N-dealkylation sites (N-methyl/N-ethyl adjacent to an activating group) is 1. The number of amides is 2. The van der Waals surface area contributed by atoms with Crippen molar-refractivity contribution in [3.63, 3.8) is 0 Å². The van der Waals surface area contributed by atoms with Crippen LogP contribution in [0.2, 0.25) is 0 Å². The van der Waals surface area contributed by atoms with Crippen molar-refractivity contribution in [2.24, 2.45) is 0 Å². The average Bonchev–Trinajstić information content (AvgIpc) is 3.67. The van der Waals surface area contributed by atoms with Gasteiger partial charge in [0.2, 0.25) is 5.89 Å². The standard InChI is InChI=1S/C38H34N4O7/c1-42(23-25-8-12-26(13-9-25)38-39-17-19-48-38)18-16-24-10-14-27(15-11-24)40-36(44)29-20-33(46-2)34(47-3)21-30(29)41-37(45)35-22-31(43)28-6-4-5-7-32(28)49-35/h4-15,17,19-22H,16,18,23H2,1-3H3,(H,40,44)(H,41,45). The molecule has 0 saturated carbocycles. The first-order chi connectivity index (χ1) is 23.8. The number of hydrogen-bond acceptors (Lipinski definition) is 9. The van der Waals surface area contributed by atoms with Crippen molar-refractivity contribution in [3.05, 3.63) is 136 Å². The minimum Gasteiger partial charge on any atom is -0.493 e. The highest BCUT2D eigenvalue weighted by molar-refractivity contribution is 6.12. The first kappa shape index (κ1) is 32.7. The molecule has 2 amide bonds. The van der Waals surface area contributed by atoms with E-state index >= 15 is 0 Å². The van der Waals surface area contributed by atoms with Crippen LogP contribution < -0.4 is 25.5 Å². The summed E-state index contributed by atoms with van der Waals surface area (Å²) in [5.41, 5.74) is 3.98. The van der Waals surface area contributed by atoms with E-state index < -0.39 is 11.8 Å². The molecule has 248 valence electrons. The van der Waals surface area contributed by atoms with Crippen LogP contribution in [0.5, 0.6) is 11.5 Å². The molecule has 0 spiro atoms. The Kier molecular flexibility index (Phi) is 9.82. The lowest BCUT2D eigenvalue weighted by Gasteiger charge is -2.17. The van der Waals surface area contributed by atoms with Gasteiger partial charge in [0.05, 0.1) is 37.1 Å². The van der Waals surface area contributed by atoms with Gasteiger partial charge in [-0.25, -0.2) is 4.98 Å². The van der Waals surface area contributed by atoms with E-state index in [9.17, 15) is 14.4 Å². The lowest BCUT2D eigenvalue weighted by atomic mass is 10.1. The third kappa shape index (κ3) is 7.69. The maximum Gasteiger partial charge on any atom is 0.291 e. The van der Waals surface area contributed by atoms with Crippen molar-refractivity contribution in [2.45, 2.75) is 13.0 Å². The maximum atomic E-state index is 13.6. The Morgan fingerprint density at radius 3 is 2.27 bits per heavy atom. The number of para-hydroxylation sites is 1. The summed E-state index contributed by atoms with van der Waals surface area (Å²) in [6.07, 6.45) is 4.01. The lowest BCUT2D eigenvalue weighted by molar-refractivity contribution is 0.0997. The van der Waals surface area contributed by atoms with Crippen LogP contribution in [0.4, 0.5) is 11.4 Å². The number of nitrogens with zero attached hydrogens (tertiary/aromatic N) is 2. The van der Waals surface area contributed by atoms with Gasteiger partial charge in [-0.05, 0) is 67.1 Å². The summed E-state index contributed by atoms with van der Waals surface area (Å²) in [5.74, 6) is -0.200. The Bertz CT molecular complexity index is 2140. The van der Waals surface area contributed by atoms with Gasteiger partial charge in [-0.2, -0.15) is 0 Å². The SMILES string of the molecule is COc1cc(NC(=O)c2cc(=O)c3ccccc3o2)c(C(=O)Nc2ccc(CCN(C)Cc3ccc(-c4ncco4)cc3)cc2)cc1OC. The maximum absolute atomic E-state index is 13.6. The zero-order valence-electron chi connectivity index (χ0n) is 27.2. The molecule has 49 heavy (non-hydrogen) atoms. The van der Waals surface area contributed by atoms with Crippen LogP contribution in [0, 0.1) is 0 Å². The van der Waals surface area contributed by atoms with Crippen LogP contribution in [0.15, 0.2) is 117 Å². The number of aromatic nitrogens is 1. The Labute approximate surface area is 282 Å². The van der Waals surface area contributed by atoms with Crippen LogP contribution in [0.25, 0.3) is 22.4 Å². The van der Waals surface area contributed by atoms with Crippen LogP contribution in [0.1, 0.15) is 32.0 Å². The predicted molar refractivity (Wildman–Crippen MR) is 186 cm³/mol. The molecule has 0 radical (unpaired) electrons. The van der Waals surface area contributed by atoms with Crippen molar-refractivity contribution in [1.29, 1.82) is 0 Å². The summed E-state index contributed by atoms with van der Waals surface area (Å²) < 4.78 is 21.9. The molecule has 2 aromatic heterocycles. The molecule has 0 unspecified atom stereocenters. The van der Waals surface area contributed by atoms with E-state index in [0.717, 1.165) is 36.7 Å². The monoisotopic (exact) mass is 658 g/mol. The summed E-state index contributed by atoms with van der Waals surface area (Å²) in [5, 5.41) is 5.94. The van der Waals surface area contributed by atoms with Crippen molar-refractivity contribution in [1.82, 2.24) is 9.88 Å². The van der Waals surface area contributed by atoms with Gasteiger partial charge in [-0.3, -0.25) is 14.4 Å². The molecule has 0 aliphatic carbocycles. The summed E-state index contributed by atoms with van der Waals surface area (Å²) >= 11 is 0. The molecule has 0 saturated heterocycles. The molecule has 0 bridgehead atoms. The molecule has 11 nitrogen and oxygen atoms in total. The zero-order valence-corrected chi connectivity index (χ0v) is 27.2. The Morgan fingerprint density at radius 2 is 1.55 bits per heavy atom. The van der Waals surface area contributed by atoms with Gasteiger partial charge >= 0.3 is 0 Å². The van der Waals surface area contributed by atoms with Crippen LogP contribution in [-0.4, -0.2) is 49.5 Å². The van der Waals surface area contributed by atoms with Crippen LogP contribution >= 0.6 is 0 Å². The molecule has 0 aliphatic rings. The molecule has 2 heterocycles. The molecule has 6 rings (SSSR count). The highest BCUT2D eigenvalue weighted by Gasteiger charge is 2.21. The number of anilines is 2. The highest BCUT2D eigenvalue weighted by Crippen LogP contribution is 2.34. The number of oxazole rings is 1. The Hall–Kier alpha value is -6.20. The predicted octanol–water partition coefficient (Wildman–Crippen LogP) is 6.64. The fraction of sp³-hybridized carbons (Fsp3) is 0.158. The molecule has 6 aromatic rings. The average molecular weight is 659 g/mol. The second kappa shape index (κ2) is 14.7. The molecule has 0 atom stereocenters. The van der Waals surface area contributed by atoms with Crippen molar-refractivity contribution in [2.75, 3.05) is 38.4 Å². The van der Waals surface area contributed by atoms with Crippen molar-refractivity contribution >= 4 is 34.2 Å². The van der Waals surface area contributed by atoms with Crippen LogP contribution in [0.3, 0.4) is 0 Å². The fourth-order valence-corrected chi connectivity index (χ4v) is 5.35. The van der Waals surface area contributed by atoms with E-state index in [1.807, 2.05) is 36.4 Å². The number of ether oxygens (including phenoxy) is 2. The van der Waals surface area contributed by atoms with Gasteiger partial charge in [0, 0.05) is 36.5 Å². The number of carbonyl (C=O) groups excluding carboxylic acids is 2. The summed E-state index contributed by atoms with van der Waals surface area (Å²) in [6, 6.07) is 26.5. The third-order valence-electron chi connectivity index (χ3n) is 7.95. The number of rotatable bonds is 12. The second-order valence-electron chi connectivity index (χ2n) is 11.4. The number of nitrogens with one attached hydrogen (secondary N) is 2. The molecule has 4 aromatic carbocycles. The molecule has 11 heteroatoms. The third-order valence-corrected chi connectivity index (χ3v) is 7.95. The number of methoxy groups -OCH3 is 2. The largest absolute Gasteiger partial charge is 0.493 e. The van der Waals surface area contributed by atoms with E-state index in [2.05, 4.69) is 39.7 Å². The van der Waals surface area contributed by atoms with Gasteiger partial charge in [0.1, 0.15) is 11.8 Å². The lowest BCUT2D eigenvalue weighted by Crippen LogP contribution is -2.21. The molecule has 2 N–H and O–H groups in total. The number of fused-ring (bicyclic) bond motifs is 1. The van der Waals surface area contributed by atoms with Gasteiger partial charge in [-0.15, -0.1) is 0 Å². The van der Waals surface area contributed by atoms with Crippen molar-refractivity contribution in [3.8, 4) is 23.0 Å². The minimum absolute atomic E-state index is 0.119. The smallest absolute Gasteiger partial charge is 0.291 e. The van der Waals surface area contributed by atoms with Gasteiger partial charge < -0.3 is 33.8 Å². The first-order valence-electron chi connectivity index (χ1n) is 15.5. The summed E-state index contributed by atoms with van der Waals surface area (Å²) in [6.45, 7) is 1.62. The van der Waals surface area contributed by atoms with E-state index in [4.69, 9.17) is 18.3 Å². The van der Waals surface area contributed by atoms with Crippen molar-refractivity contribution < 1.29 is 27.9 Å². The summed E-state index contributed by atoms with van der Waals surface area (Å²) in [4.78, 5) is 45.8. The van der Waals surface area contributed by atoms with E-state index in [1.165, 1.54) is 31.9 Å². The normalized spacial score (nSPS) is 11.0. The van der Waals surface area contributed by atoms with E-state index in [0.29, 0.717) is 28.5 Å². The topological polar surface area (TPSA) is 136 Å². The molecule has 0 aliphatic heterocycles. The van der Waals surface area contributed by atoms with Crippen LogP contribution in [-0.2, 0) is 13.0 Å². The van der Waals surface area contributed by atoms with E-state index in [1.54, 1.807) is 36.7 Å². The summed E-state index contributed by atoms with van der Waals surface area (Å²) in [7, 11) is 4.97. The first-order valence-corrected chi connectivity index (χ1v) is 15.5. The Morgan fingerprint density at radius 1 is 0.837 bits per heavy atom. The van der Waals surface area contributed by atoms with Gasteiger partial charge in [0.25, 0.3) is 11.8 Å². The number of benzene rings is 4. The molecular weight excluding hydrogens is 624 g/mol. The minimum atomic E-state index is -0.707. The number of carbonyl (C=O) groups is 2. The molecule has 0 fully saturated rings. The zero-order chi connectivity index (χ0) is 34.3. The Balaban J connectivity index is 1.11. The quantitative estimate of drug-likeness (QED) is 0.148. The second-order valence-corrected chi connectivity index (χ2v) is 11.4. The van der Waals surface area contributed by atoms with E-state index in [-0.39, 0.29) is 28.0 Å². The fourth-order valence-electron chi connectivity index (χ4n) is 5.35.